The van der Waals surface area contributed by atoms with Gasteiger partial charge in [-0.3, -0.25) is 9.59 Å². The second kappa shape index (κ2) is 5.82. The third-order valence-corrected chi connectivity index (χ3v) is 9.51. The maximum absolute atomic E-state index is 12.2. The van der Waals surface area contributed by atoms with Gasteiger partial charge in [0.15, 0.2) is 0 Å². The van der Waals surface area contributed by atoms with Gasteiger partial charge in [-0.25, -0.2) is 0 Å². The van der Waals surface area contributed by atoms with Crippen molar-refractivity contribution in [3.8, 4) is 0 Å². The molecule has 4 fully saturated rings. The molecule has 0 spiro atoms. The smallest absolute Gasteiger partial charge is 0.306 e. The molecule has 0 amide bonds. The quantitative estimate of drug-likeness (QED) is 0.771. The third-order valence-electron chi connectivity index (χ3n) is 9.51. The molecule has 8 atom stereocenters. The van der Waals surface area contributed by atoms with Gasteiger partial charge in [0.05, 0.1) is 5.92 Å². The lowest BCUT2D eigenvalue weighted by Gasteiger charge is -2.61. The van der Waals surface area contributed by atoms with Gasteiger partial charge in [0.2, 0.25) is 0 Å². The first kappa shape index (κ1) is 17.5. The van der Waals surface area contributed by atoms with Crippen molar-refractivity contribution in [2.45, 2.75) is 78.6 Å². The fourth-order valence-corrected chi connectivity index (χ4v) is 8.15. The van der Waals surface area contributed by atoms with Gasteiger partial charge in [-0.2, -0.15) is 0 Å². The number of Topliss-reactive ketones (excluding diaryl/α,β-unsaturated/α-hetero) is 1. The fourth-order valence-electron chi connectivity index (χ4n) is 8.15. The molecule has 0 bridgehead atoms. The number of rotatable bonds is 2. The number of ketones is 1. The van der Waals surface area contributed by atoms with Crippen LogP contribution in [0.5, 0.6) is 0 Å². The van der Waals surface area contributed by atoms with Gasteiger partial charge in [0.1, 0.15) is 5.78 Å². The van der Waals surface area contributed by atoms with E-state index in [0.29, 0.717) is 17.1 Å². The summed E-state index contributed by atoms with van der Waals surface area (Å²) >= 11 is 0. The molecule has 0 heterocycles. The number of aliphatic carboxylic acids is 1. The van der Waals surface area contributed by atoms with E-state index in [-0.39, 0.29) is 17.3 Å². The molecule has 4 saturated carbocycles. The summed E-state index contributed by atoms with van der Waals surface area (Å²) in [7, 11) is 0. The monoisotopic (exact) mass is 346 g/mol. The molecule has 0 aromatic heterocycles. The van der Waals surface area contributed by atoms with Crippen molar-refractivity contribution in [1.29, 1.82) is 0 Å². The summed E-state index contributed by atoms with van der Waals surface area (Å²) in [6.45, 7) is 6.69. The third kappa shape index (κ3) is 2.44. The zero-order valence-corrected chi connectivity index (χ0v) is 16.1. The summed E-state index contributed by atoms with van der Waals surface area (Å²) in [6, 6.07) is 0. The van der Waals surface area contributed by atoms with Crippen LogP contribution in [0.4, 0.5) is 0 Å². The van der Waals surface area contributed by atoms with E-state index in [1.54, 1.807) is 6.92 Å². The fraction of sp³-hybridized carbons (Fsp3) is 0.909. The molecule has 4 aliphatic rings. The Hall–Kier alpha value is -0.860. The summed E-state index contributed by atoms with van der Waals surface area (Å²) in [5, 5.41) is 9.45. The summed E-state index contributed by atoms with van der Waals surface area (Å²) < 4.78 is 0. The first-order chi connectivity index (χ1) is 11.8. The Bertz CT molecular complexity index is 584. The number of hydrogen-bond donors (Lipinski definition) is 1. The zero-order chi connectivity index (χ0) is 18.0. The molecule has 0 aliphatic heterocycles. The minimum Gasteiger partial charge on any atom is -0.481 e. The average molecular weight is 347 g/mol. The van der Waals surface area contributed by atoms with Crippen molar-refractivity contribution in [1.82, 2.24) is 0 Å². The number of carboxylic acid groups (broad SMARTS) is 1. The Morgan fingerprint density at radius 1 is 0.880 bits per heavy atom. The minimum atomic E-state index is -0.583. The minimum absolute atomic E-state index is 0.114. The van der Waals surface area contributed by atoms with E-state index in [2.05, 4.69) is 13.8 Å². The van der Waals surface area contributed by atoms with Gasteiger partial charge in [-0.1, -0.05) is 13.8 Å². The van der Waals surface area contributed by atoms with Crippen LogP contribution in [0.2, 0.25) is 0 Å². The van der Waals surface area contributed by atoms with Crippen LogP contribution in [0.15, 0.2) is 0 Å². The first-order valence-corrected chi connectivity index (χ1v) is 10.5. The normalized spacial score (nSPS) is 52.0. The largest absolute Gasteiger partial charge is 0.481 e. The van der Waals surface area contributed by atoms with E-state index >= 15 is 0 Å². The topological polar surface area (TPSA) is 54.4 Å². The molecular formula is C22H34O3. The Kier molecular flexibility index (Phi) is 4.09. The molecule has 0 radical (unpaired) electrons. The number of carbonyl (C=O) groups excluding carboxylic acids is 1. The van der Waals surface area contributed by atoms with Crippen LogP contribution >= 0.6 is 0 Å². The average Bonchev–Trinajstić information content (AvgIpc) is 2.91. The molecule has 0 saturated heterocycles. The Balaban J connectivity index is 1.58. The van der Waals surface area contributed by atoms with Crippen LogP contribution in [0.25, 0.3) is 0 Å². The SMILES string of the molecule is CC(=O)[C@H]1CC[C@H]2[C@@H]3CC[C@@H]4C[C@@H](C(=O)O)CC[C@]4(C)[C@H]3CC[C@]12C. The molecule has 4 rings (SSSR count). The Morgan fingerprint density at radius 3 is 2.24 bits per heavy atom. The van der Waals surface area contributed by atoms with E-state index in [0.717, 1.165) is 43.4 Å². The second-order valence-electron chi connectivity index (χ2n) is 10.3. The molecule has 0 aromatic rings. The van der Waals surface area contributed by atoms with Gasteiger partial charge >= 0.3 is 5.97 Å². The molecule has 3 nitrogen and oxygen atoms in total. The number of carbonyl (C=O) groups is 2. The molecule has 4 aliphatic carbocycles. The number of hydrogen-bond acceptors (Lipinski definition) is 2. The number of fused-ring (bicyclic) bond motifs is 5. The van der Waals surface area contributed by atoms with Crippen molar-refractivity contribution < 1.29 is 14.7 Å². The van der Waals surface area contributed by atoms with E-state index in [9.17, 15) is 14.7 Å². The van der Waals surface area contributed by atoms with Crippen LogP contribution in [0.1, 0.15) is 78.6 Å². The van der Waals surface area contributed by atoms with Crippen LogP contribution in [-0.2, 0) is 9.59 Å². The lowest BCUT2D eigenvalue weighted by Crippen LogP contribution is -2.54. The molecule has 1 N–H and O–H groups in total. The standard InChI is InChI=1S/C22H34O3/c1-13(23)17-6-7-18-16-5-4-15-12-14(20(24)25)8-10-21(15,2)19(16)9-11-22(17,18)3/h14-19H,4-12H2,1-3H3,(H,24,25)/t14-,15+,16-,17+,18-,19-,21-,22+/m0/s1. The van der Waals surface area contributed by atoms with Gasteiger partial charge in [-0.05, 0) is 99.2 Å². The van der Waals surface area contributed by atoms with E-state index in [1.165, 1.54) is 32.1 Å². The van der Waals surface area contributed by atoms with E-state index in [1.807, 2.05) is 0 Å². The predicted octanol–water partition coefficient (Wildman–Crippen LogP) is 4.94. The van der Waals surface area contributed by atoms with Crippen molar-refractivity contribution in [3.05, 3.63) is 0 Å². The van der Waals surface area contributed by atoms with Gasteiger partial charge in [-0.15, -0.1) is 0 Å². The van der Waals surface area contributed by atoms with Crippen molar-refractivity contribution >= 4 is 11.8 Å². The highest BCUT2D eigenvalue weighted by Gasteiger charge is 2.60. The molecule has 25 heavy (non-hydrogen) atoms. The highest BCUT2D eigenvalue weighted by Crippen LogP contribution is 2.67. The van der Waals surface area contributed by atoms with Crippen LogP contribution in [-0.4, -0.2) is 16.9 Å². The lowest BCUT2D eigenvalue weighted by molar-refractivity contribution is -0.152. The van der Waals surface area contributed by atoms with Gasteiger partial charge < -0.3 is 5.11 Å². The van der Waals surface area contributed by atoms with Gasteiger partial charge in [0, 0.05) is 5.92 Å². The molecule has 3 heteroatoms. The predicted molar refractivity (Wildman–Crippen MR) is 97.0 cm³/mol. The maximum atomic E-state index is 12.2. The molecular weight excluding hydrogens is 312 g/mol. The first-order valence-electron chi connectivity index (χ1n) is 10.5. The summed E-state index contributed by atoms with van der Waals surface area (Å²) in [4.78, 5) is 23.7. The molecule has 140 valence electrons. The number of carboxylic acids is 1. The molecule has 0 aromatic carbocycles. The van der Waals surface area contributed by atoms with Crippen LogP contribution in [0, 0.1) is 46.3 Å². The lowest BCUT2D eigenvalue weighted by atomic mass is 9.44. The van der Waals surface area contributed by atoms with E-state index < -0.39 is 5.97 Å². The zero-order valence-electron chi connectivity index (χ0n) is 16.1. The Morgan fingerprint density at radius 2 is 1.56 bits per heavy atom. The van der Waals surface area contributed by atoms with Crippen molar-refractivity contribution in [2.24, 2.45) is 46.3 Å². The maximum Gasteiger partial charge on any atom is 0.306 e. The summed E-state index contributed by atoms with van der Waals surface area (Å²) in [6.07, 6.45) is 10.1. The van der Waals surface area contributed by atoms with Crippen LogP contribution < -0.4 is 0 Å². The second-order valence-corrected chi connectivity index (χ2v) is 10.3. The summed E-state index contributed by atoms with van der Waals surface area (Å²) in [5.41, 5.74) is 0.568. The van der Waals surface area contributed by atoms with Crippen molar-refractivity contribution in [3.63, 3.8) is 0 Å². The van der Waals surface area contributed by atoms with Crippen LogP contribution in [0.3, 0.4) is 0 Å². The highest BCUT2D eigenvalue weighted by atomic mass is 16.4. The summed E-state index contributed by atoms with van der Waals surface area (Å²) in [5.74, 6) is 2.83. The molecule has 0 unspecified atom stereocenters. The van der Waals surface area contributed by atoms with E-state index in [4.69, 9.17) is 0 Å². The Labute approximate surface area is 151 Å². The van der Waals surface area contributed by atoms with Gasteiger partial charge in [0.25, 0.3) is 0 Å². The highest BCUT2D eigenvalue weighted by molar-refractivity contribution is 5.79. The van der Waals surface area contributed by atoms with Crippen molar-refractivity contribution in [2.75, 3.05) is 0 Å².